The largest absolute Gasteiger partial charge is 0.346 e. The predicted octanol–water partition coefficient (Wildman–Crippen LogP) is 4.58. The fourth-order valence-corrected chi connectivity index (χ4v) is 3.79. The monoisotopic (exact) mass is 433 g/mol. The van der Waals surface area contributed by atoms with Crippen molar-refractivity contribution < 1.29 is 9.59 Å². The van der Waals surface area contributed by atoms with Crippen molar-refractivity contribution in [1.82, 2.24) is 10.2 Å². The van der Waals surface area contributed by atoms with Gasteiger partial charge in [-0.2, -0.15) is 0 Å². The van der Waals surface area contributed by atoms with Crippen molar-refractivity contribution in [3.63, 3.8) is 0 Å². The summed E-state index contributed by atoms with van der Waals surface area (Å²) in [6.07, 6.45) is 2.13. The Kier molecular flexibility index (Phi) is 7.17. The summed E-state index contributed by atoms with van der Waals surface area (Å²) >= 11 is 12.4. The maximum atomic E-state index is 12.5. The SMILES string of the molecule is Cc1c(Cl)cccc1NC(=O)CNC(=O)CN(C1CC1)C(C)c1ccccc1Cl. The molecule has 1 atom stereocenters. The van der Waals surface area contributed by atoms with Crippen LogP contribution in [0.15, 0.2) is 42.5 Å². The van der Waals surface area contributed by atoms with E-state index >= 15 is 0 Å². The van der Waals surface area contributed by atoms with Gasteiger partial charge in [0, 0.05) is 27.8 Å². The van der Waals surface area contributed by atoms with Gasteiger partial charge in [-0.3, -0.25) is 14.5 Å². The molecule has 0 saturated heterocycles. The van der Waals surface area contributed by atoms with Gasteiger partial charge in [-0.15, -0.1) is 0 Å². The Morgan fingerprint density at radius 3 is 2.45 bits per heavy atom. The van der Waals surface area contributed by atoms with Crippen molar-refractivity contribution >= 4 is 40.7 Å². The molecular formula is C22H25Cl2N3O2. The molecule has 0 aromatic heterocycles. The van der Waals surface area contributed by atoms with Crippen molar-refractivity contribution in [3.05, 3.63) is 63.6 Å². The molecule has 1 fully saturated rings. The van der Waals surface area contributed by atoms with Crippen LogP contribution in [0.3, 0.4) is 0 Å². The fraction of sp³-hybridized carbons (Fsp3) is 0.364. The number of nitrogens with one attached hydrogen (secondary N) is 2. The lowest BCUT2D eigenvalue weighted by atomic mass is 10.1. The molecule has 1 unspecified atom stereocenters. The van der Waals surface area contributed by atoms with Crippen LogP contribution in [0.2, 0.25) is 10.0 Å². The van der Waals surface area contributed by atoms with Crippen LogP contribution in [-0.4, -0.2) is 35.8 Å². The van der Waals surface area contributed by atoms with Gasteiger partial charge in [0.25, 0.3) is 0 Å². The van der Waals surface area contributed by atoms with E-state index < -0.39 is 0 Å². The van der Waals surface area contributed by atoms with E-state index in [2.05, 4.69) is 22.5 Å². The number of nitrogens with zero attached hydrogens (tertiary/aromatic N) is 1. The molecule has 1 saturated carbocycles. The average Bonchev–Trinajstić information content (AvgIpc) is 3.53. The number of halogens is 2. The molecule has 7 heteroatoms. The van der Waals surface area contributed by atoms with Crippen molar-refractivity contribution in [3.8, 4) is 0 Å². The summed E-state index contributed by atoms with van der Waals surface area (Å²) in [5.41, 5.74) is 2.44. The number of rotatable bonds is 8. The minimum atomic E-state index is -0.291. The Bertz CT molecular complexity index is 899. The Balaban J connectivity index is 1.55. The van der Waals surface area contributed by atoms with Gasteiger partial charge < -0.3 is 10.6 Å². The third-order valence-electron chi connectivity index (χ3n) is 5.18. The molecular weight excluding hydrogens is 409 g/mol. The first kappa shape index (κ1) is 21.6. The number of hydrogen-bond acceptors (Lipinski definition) is 3. The summed E-state index contributed by atoms with van der Waals surface area (Å²) < 4.78 is 0. The number of carbonyl (C=O) groups excluding carboxylic acids is 2. The van der Waals surface area contributed by atoms with E-state index in [9.17, 15) is 9.59 Å². The van der Waals surface area contributed by atoms with Gasteiger partial charge in [-0.1, -0.05) is 47.5 Å². The normalized spacial score (nSPS) is 14.5. The van der Waals surface area contributed by atoms with E-state index in [4.69, 9.17) is 23.2 Å². The standard InChI is InChI=1S/C22H25Cl2N3O2/c1-14-18(23)8-5-9-20(14)26-21(28)12-25-22(29)13-27(16-10-11-16)15(2)17-6-3-4-7-19(17)24/h3-9,15-16H,10-13H2,1-2H3,(H,25,29)(H,26,28). The zero-order valence-corrected chi connectivity index (χ0v) is 18.1. The van der Waals surface area contributed by atoms with Crippen molar-refractivity contribution in [2.24, 2.45) is 0 Å². The van der Waals surface area contributed by atoms with Crippen LogP contribution < -0.4 is 10.6 Å². The second kappa shape index (κ2) is 9.61. The Hall–Kier alpha value is -2.08. The van der Waals surface area contributed by atoms with Crippen LogP contribution in [0.25, 0.3) is 0 Å². The molecule has 0 spiro atoms. The topological polar surface area (TPSA) is 61.4 Å². The summed E-state index contributed by atoms with van der Waals surface area (Å²) in [5, 5.41) is 6.77. The molecule has 2 amide bonds. The number of hydrogen-bond donors (Lipinski definition) is 2. The van der Waals surface area contributed by atoms with Crippen molar-refractivity contribution in [2.75, 3.05) is 18.4 Å². The van der Waals surface area contributed by atoms with Crippen LogP contribution in [0, 0.1) is 6.92 Å². The lowest BCUT2D eigenvalue weighted by Crippen LogP contribution is -2.42. The molecule has 5 nitrogen and oxygen atoms in total. The number of anilines is 1. The molecule has 3 rings (SSSR count). The van der Waals surface area contributed by atoms with Gasteiger partial charge in [0.2, 0.25) is 11.8 Å². The summed E-state index contributed by atoms with van der Waals surface area (Å²) in [7, 11) is 0. The number of carbonyl (C=O) groups is 2. The second-order valence-corrected chi connectivity index (χ2v) is 8.15. The Labute approximate surface area is 181 Å². The van der Waals surface area contributed by atoms with Gasteiger partial charge in [-0.25, -0.2) is 0 Å². The first-order valence-corrected chi connectivity index (χ1v) is 10.4. The minimum absolute atomic E-state index is 0.0184. The third kappa shape index (κ3) is 5.72. The maximum Gasteiger partial charge on any atom is 0.243 e. The summed E-state index contributed by atoms with van der Waals surface area (Å²) in [4.78, 5) is 26.9. The minimum Gasteiger partial charge on any atom is -0.346 e. The van der Waals surface area contributed by atoms with E-state index in [1.807, 2.05) is 31.2 Å². The van der Waals surface area contributed by atoms with Crippen LogP contribution in [-0.2, 0) is 9.59 Å². The summed E-state index contributed by atoms with van der Waals surface area (Å²) in [6, 6.07) is 13.4. The van der Waals surface area contributed by atoms with Crippen LogP contribution >= 0.6 is 23.2 Å². The Morgan fingerprint density at radius 1 is 1.07 bits per heavy atom. The molecule has 2 N–H and O–H groups in total. The first-order chi connectivity index (χ1) is 13.9. The van der Waals surface area contributed by atoms with Crippen molar-refractivity contribution in [1.29, 1.82) is 0 Å². The lowest BCUT2D eigenvalue weighted by molar-refractivity contribution is -0.125. The third-order valence-corrected chi connectivity index (χ3v) is 5.94. The highest BCUT2D eigenvalue weighted by Gasteiger charge is 2.34. The molecule has 2 aromatic carbocycles. The average molecular weight is 434 g/mol. The quantitative estimate of drug-likeness (QED) is 0.639. The van der Waals surface area contributed by atoms with Gasteiger partial charge in [0.15, 0.2) is 0 Å². The number of benzene rings is 2. The maximum absolute atomic E-state index is 12.5. The van der Waals surface area contributed by atoms with E-state index in [0.29, 0.717) is 21.8 Å². The fourth-order valence-electron chi connectivity index (χ4n) is 3.32. The lowest BCUT2D eigenvalue weighted by Gasteiger charge is -2.29. The van der Waals surface area contributed by atoms with Gasteiger partial charge in [0.1, 0.15) is 0 Å². The molecule has 2 aromatic rings. The van der Waals surface area contributed by atoms with E-state index in [1.54, 1.807) is 18.2 Å². The summed E-state index contributed by atoms with van der Waals surface area (Å²) in [6.45, 7) is 4.02. The molecule has 1 aliphatic rings. The highest BCUT2D eigenvalue weighted by atomic mass is 35.5. The summed E-state index contributed by atoms with van der Waals surface area (Å²) in [5.74, 6) is -0.477. The molecule has 29 heavy (non-hydrogen) atoms. The predicted molar refractivity (Wildman–Crippen MR) is 117 cm³/mol. The van der Waals surface area contributed by atoms with Gasteiger partial charge in [-0.05, 0) is 56.0 Å². The highest BCUT2D eigenvalue weighted by Crippen LogP contribution is 2.36. The molecule has 0 radical (unpaired) electrons. The molecule has 0 bridgehead atoms. The van der Waals surface area contributed by atoms with Gasteiger partial charge >= 0.3 is 0 Å². The van der Waals surface area contributed by atoms with E-state index in [0.717, 1.165) is 24.0 Å². The zero-order valence-electron chi connectivity index (χ0n) is 16.5. The van der Waals surface area contributed by atoms with E-state index in [-0.39, 0.29) is 30.9 Å². The first-order valence-electron chi connectivity index (χ1n) is 9.68. The Morgan fingerprint density at radius 2 is 1.76 bits per heavy atom. The second-order valence-electron chi connectivity index (χ2n) is 7.34. The highest BCUT2D eigenvalue weighted by molar-refractivity contribution is 6.32. The smallest absolute Gasteiger partial charge is 0.243 e. The van der Waals surface area contributed by atoms with Crippen molar-refractivity contribution in [2.45, 2.75) is 38.8 Å². The van der Waals surface area contributed by atoms with E-state index in [1.165, 1.54) is 0 Å². The zero-order chi connectivity index (χ0) is 21.0. The van der Waals surface area contributed by atoms with Crippen LogP contribution in [0.5, 0.6) is 0 Å². The molecule has 154 valence electrons. The van der Waals surface area contributed by atoms with Crippen LogP contribution in [0.1, 0.15) is 36.9 Å². The van der Waals surface area contributed by atoms with Gasteiger partial charge in [0.05, 0.1) is 13.1 Å². The molecule has 1 aliphatic carbocycles. The molecule has 0 heterocycles. The van der Waals surface area contributed by atoms with Crippen LogP contribution in [0.4, 0.5) is 5.69 Å². The molecule has 0 aliphatic heterocycles. The number of amides is 2.